The third-order valence-corrected chi connectivity index (χ3v) is 3.01. The molecule has 88 valence electrons. The van der Waals surface area contributed by atoms with Crippen LogP contribution in [0.4, 0.5) is 10.1 Å². The van der Waals surface area contributed by atoms with Crippen LogP contribution in [0.25, 0.3) is 0 Å². The van der Waals surface area contributed by atoms with Gasteiger partial charge < -0.3 is 5.32 Å². The van der Waals surface area contributed by atoms with Crippen LogP contribution in [0.5, 0.6) is 0 Å². The number of anilines is 1. The fourth-order valence-corrected chi connectivity index (χ4v) is 1.65. The van der Waals surface area contributed by atoms with Gasteiger partial charge in [0.15, 0.2) is 0 Å². The molecule has 0 saturated heterocycles. The fourth-order valence-electron chi connectivity index (χ4n) is 1.40. The van der Waals surface area contributed by atoms with E-state index in [2.05, 4.69) is 26.2 Å². The van der Waals surface area contributed by atoms with Crippen LogP contribution in [0.3, 0.4) is 0 Å². The molecule has 2 nitrogen and oxygen atoms in total. The molecule has 0 unspecified atom stereocenters. The molecule has 0 bridgehead atoms. The highest BCUT2D eigenvalue weighted by molar-refractivity contribution is 9.10. The normalized spacial score (nSPS) is 10.3. The third kappa shape index (κ3) is 3.27. The van der Waals surface area contributed by atoms with E-state index in [1.807, 2.05) is 31.3 Å². The molecule has 2 rings (SSSR count). The van der Waals surface area contributed by atoms with Crippen molar-refractivity contribution >= 4 is 21.6 Å². The first-order valence-electron chi connectivity index (χ1n) is 5.25. The largest absolute Gasteiger partial charge is 0.379 e. The molecule has 1 heterocycles. The topological polar surface area (TPSA) is 24.9 Å². The minimum absolute atomic E-state index is 0.271. The summed E-state index contributed by atoms with van der Waals surface area (Å²) >= 11 is 3.12. The Morgan fingerprint density at radius 1 is 1.29 bits per heavy atom. The van der Waals surface area contributed by atoms with E-state index in [-0.39, 0.29) is 5.82 Å². The Labute approximate surface area is 108 Å². The Morgan fingerprint density at radius 3 is 2.76 bits per heavy atom. The number of benzene rings is 1. The van der Waals surface area contributed by atoms with Crippen molar-refractivity contribution in [1.82, 2.24) is 4.98 Å². The zero-order valence-electron chi connectivity index (χ0n) is 9.37. The van der Waals surface area contributed by atoms with Crippen molar-refractivity contribution in [3.63, 3.8) is 0 Å². The molecular weight excluding hydrogens is 283 g/mol. The number of hydrogen-bond acceptors (Lipinski definition) is 2. The predicted molar refractivity (Wildman–Crippen MR) is 70.4 cm³/mol. The summed E-state index contributed by atoms with van der Waals surface area (Å²) in [4.78, 5) is 4.27. The van der Waals surface area contributed by atoms with E-state index in [9.17, 15) is 4.39 Å². The average molecular weight is 295 g/mol. The smallest absolute Gasteiger partial charge is 0.139 e. The molecule has 1 N–H and O–H groups in total. The Balaban J connectivity index is 2.02. The van der Waals surface area contributed by atoms with E-state index < -0.39 is 0 Å². The molecule has 0 aliphatic rings. The average Bonchev–Trinajstić information content (AvgIpc) is 2.33. The number of nitrogens with one attached hydrogen (secondary N) is 1. The Bertz CT molecular complexity index is 511. The van der Waals surface area contributed by atoms with Gasteiger partial charge in [0, 0.05) is 11.9 Å². The highest BCUT2D eigenvalue weighted by Crippen LogP contribution is 2.19. The van der Waals surface area contributed by atoms with Gasteiger partial charge in [0.1, 0.15) is 5.82 Å². The minimum atomic E-state index is -0.271. The van der Waals surface area contributed by atoms with Crippen LogP contribution in [0.2, 0.25) is 0 Å². The molecule has 0 spiro atoms. The van der Waals surface area contributed by atoms with Crippen molar-refractivity contribution in [2.45, 2.75) is 13.5 Å². The lowest BCUT2D eigenvalue weighted by Gasteiger charge is -2.06. The SMILES string of the molecule is Cc1ccc(CNc2ccc(Br)c(F)c2)nc1. The Hall–Kier alpha value is -1.42. The van der Waals surface area contributed by atoms with Crippen molar-refractivity contribution in [3.05, 3.63) is 58.1 Å². The molecule has 0 amide bonds. The molecule has 0 fully saturated rings. The molecular formula is C13H12BrFN2. The van der Waals surface area contributed by atoms with E-state index in [1.54, 1.807) is 6.07 Å². The number of halogens is 2. The van der Waals surface area contributed by atoms with Crippen molar-refractivity contribution in [2.24, 2.45) is 0 Å². The highest BCUT2D eigenvalue weighted by atomic mass is 79.9. The summed E-state index contributed by atoms with van der Waals surface area (Å²) < 4.78 is 13.7. The number of pyridine rings is 1. The second kappa shape index (κ2) is 5.27. The van der Waals surface area contributed by atoms with Gasteiger partial charge >= 0.3 is 0 Å². The molecule has 1 aromatic carbocycles. The number of aromatic nitrogens is 1. The molecule has 1 aromatic heterocycles. The molecule has 0 atom stereocenters. The lowest BCUT2D eigenvalue weighted by molar-refractivity contribution is 0.621. The van der Waals surface area contributed by atoms with Crippen LogP contribution in [-0.4, -0.2) is 4.98 Å². The van der Waals surface area contributed by atoms with Gasteiger partial charge in [-0.05, 0) is 52.7 Å². The van der Waals surface area contributed by atoms with Gasteiger partial charge in [-0.25, -0.2) is 4.39 Å². The van der Waals surface area contributed by atoms with Crippen LogP contribution < -0.4 is 5.32 Å². The van der Waals surface area contributed by atoms with Gasteiger partial charge in [0.05, 0.1) is 16.7 Å². The van der Waals surface area contributed by atoms with Crippen molar-refractivity contribution in [1.29, 1.82) is 0 Å². The van der Waals surface area contributed by atoms with Gasteiger partial charge in [-0.15, -0.1) is 0 Å². The summed E-state index contributed by atoms with van der Waals surface area (Å²) in [6, 6.07) is 8.92. The second-order valence-corrected chi connectivity index (χ2v) is 4.66. The summed E-state index contributed by atoms with van der Waals surface area (Å²) in [5.74, 6) is -0.271. The summed E-state index contributed by atoms with van der Waals surface area (Å²) in [5, 5.41) is 3.13. The number of nitrogens with zero attached hydrogens (tertiary/aromatic N) is 1. The Morgan fingerprint density at radius 2 is 2.12 bits per heavy atom. The third-order valence-electron chi connectivity index (χ3n) is 2.37. The summed E-state index contributed by atoms with van der Waals surface area (Å²) in [5.41, 5.74) is 2.80. The monoisotopic (exact) mass is 294 g/mol. The van der Waals surface area contributed by atoms with E-state index >= 15 is 0 Å². The quantitative estimate of drug-likeness (QED) is 0.928. The van der Waals surface area contributed by atoms with E-state index in [1.165, 1.54) is 6.07 Å². The molecule has 0 aliphatic carbocycles. The first kappa shape index (κ1) is 12.0. The second-order valence-electron chi connectivity index (χ2n) is 3.81. The first-order chi connectivity index (χ1) is 8.15. The van der Waals surface area contributed by atoms with Crippen LogP contribution >= 0.6 is 15.9 Å². The number of rotatable bonds is 3. The molecule has 0 saturated carbocycles. The van der Waals surface area contributed by atoms with Crippen LogP contribution in [0, 0.1) is 12.7 Å². The maximum atomic E-state index is 13.3. The lowest BCUT2D eigenvalue weighted by Crippen LogP contribution is -2.01. The van der Waals surface area contributed by atoms with Gasteiger partial charge in [-0.3, -0.25) is 4.98 Å². The molecule has 2 aromatic rings. The number of aryl methyl sites for hydroxylation is 1. The van der Waals surface area contributed by atoms with E-state index in [0.29, 0.717) is 11.0 Å². The minimum Gasteiger partial charge on any atom is -0.379 e. The van der Waals surface area contributed by atoms with Gasteiger partial charge in [0.2, 0.25) is 0 Å². The Kier molecular flexibility index (Phi) is 3.74. The number of hydrogen-bond donors (Lipinski definition) is 1. The standard InChI is InChI=1S/C13H12BrFN2/c1-9-2-3-11(16-7-9)8-17-10-4-5-12(14)13(15)6-10/h2-7,17H,8H2,1H3. The van der Waals surface area contributed by atoms with Gasteiger partial charge in [-0.1, -0.05) is 6.07 Å². The predicted octanol–water partition coefficient (Wildman–Crippen LogP) is 3.90. The van der Waals surface area contributed by atoms with Crippen molar-refractivity contribution in [3.8, 4) is 0 Å². The first-order valence-corrected chi connectivity index (χ1v) is 6.05. The van der Waals surface area contributed by atoms with Crippen LogP contribution in [0.1, 0.15) is 11.3 Å². The van der Waals surface area contributed by atoms with Gasteiger partial charge in [0.25, 0.3) is 0 Å². The maximum absolute atomic E-state index is 13.3. The molecule has 0 radical (unpaired) electrons. The maximum Gasteiger partial charge on any atom is 0.139 e. The van der Waals surface area contributed by atoms with Crippen molar-refractivity contribution in [2.75, 3.05) is 5.32 Å². The zero-order valence-corrected chi connectivity index (χ0v) is 11.0. The fraction of sp³-hybridized carbons (Fsp3) is 0.154. The summed E-state index contributed by atoms with van der Waals surface area (Å²) in [6.45, 7) is 2.58. The van der Waals surface area contributed by atoms with Gasteiger partial charge in [-0.2, -0.15) is 0 Å². The zero-order chi connectivity index (χ0) is 12.3. The molecule has 4 heteroatoms. The molecule has 17 heavy (non-hydrogen) atoms. The van der Waals surface area contributed by atoms with Crippen LogP contribution in [-0.2, 0) is 6.54 Å². The summed E-state index contributed by atoms with van der Waals surface area (Å²) in [6.07, 6.45) is 1.82. The van der Waals surface area contributed by atoms with E-state index in [0.717, 1.165) is 16.9 Å². The molecule has 0 aliphatic heterocycles. The van der Waals surface area contributed by atoms with Crippen LogP contribution in [0.15, 0.2) is 41.0 Å². The van der Waals surface area contributed by atoms with E-state index in [4.69, 9.17) is 0 Å². The highest BCUT2D eigenvalue weighted by Gasteiger charge is 2.00. The summed E-state index contributed by atoms with van der Waals surface area (Å²) in [7, 11) is 0. The van der Waals surface area contributed by atoms with Crippen molar-refractivity contribution < 1.29 is 4.39 Å². The lowest BCUT2D eigenvalue weighted by atomic mass is 10.2.